The van der Waals surface area contributed by atoms with Crippen molar-refractivity contribution in [3.8, 4) is 0 Å². The molecule has 0 fully saturated rings. The highest BCUT2D eigenvalue weighted by Crippen LogP contribution is 2.27. The molecule has 0 aromatic carbocycles. The van der Waals surface area contributed by atoms with Gasteiger partial charge < -0.3 is 5.32 Å². The van der Waals surface area contributed by atoms with Crippen LogP contribution in [0.5, 0.6) is 0 Å². The number of nitrogens with one attached hydrogen (secondary N) is 1. The van der Waals surface area contributed by atoms with Crippen molar-refractivity contribution in [2.75, 3.05) is 6.54 Å². The van der Waals surface area contributed by atoms with Crippen molar-refractivity contribution in [2.24, 2.45) is 0 Å². The van der Waals surface area contributed by atoms with E-state index in [9.17, 15) is 0 Å². The third-order valence-electron chi connectivity index (χ3n) is 2.50. The van der Waals surface area contributed by atoms with Crippen LogP contribution in [0, 0.1) is 13.8 Å². The topological polar surface area (TPSA) is 12.0 Å². The SMILES string of the molecule is CCCNC(CC)c1cc(C)sc1C. The van der Waals surface area contributed by atoms with Crippen LogP contribution in [0.1, 0.15) is 48.0 Å². The first-order chi connectivity index (χ1) is 6.69. The summed E-state index contributed by atoms with van der Waals surface area (Å²) in [4.78, 5) is 2.90. The van der Waals surface area contributed by atoms with E-state index in [-0.39, 0.29) is 0 Å². The van der Waals surface area contributed by atoms with Gasteiger partial charge in [0.2, 0.25) is 0 Å². The Morgan fingerprint density at radius 2 is 2.07 bits per heavy atom. The van der Waals surface area contributed by atoms with Crippen molar-refractivity contribution in [1.29, 1.82) is 0 Å². The van der Waals surface area contributed by atoms with E-state index < -0.39 is 0 Å². The molecule has 1 N–H and O–H groups in total. The van der Waals surface area contributed by atoms with Crippen LogP contribution in [-0.2, 0) is 0 Å². The molecule has 0 aliphatic carbocycles. The molecule has 0 spiro atoms. The zero-order valence-corrected chi connectivity index (χ0v) is 10.5. The zero-order valence-electron chi connectivity index (χ0n) is 9.68. The molecule has 1 atom stereocenters. The number of aryl methyl sites for hydroxylation is 2. The third-order valence-corrected chi connectivity index (χ3v) is 3.49. The van der Waals surface area contributed by atoms with Crippen molar-refractivity contribution in [2.45, 2.75) is 46.6 Å². The summed E-state index contributed by atoms with van der Waals surface area (Å²) >= 11 is 1.91. The molecule has 1 rings (SSSR count). The minimum absolute atomic E-state index is 0.555. The molecule has 0 radical (unpaired) electrons. The highest BCUT2D eigenvalue weighted by molar-refractivity contribution is 7.12. The van der Waals surface area contributed by atoms with Crippen molar-refractivity contribution in [1.82, 2.24) is 5.32 Å². The fourth-order valence-corrected chi connectivity index (χ4v) is 2.78. The number of rotatable bonds is 5. The van der Waals surface area contributed by atoms with E-state index >= 15 is 0 Å². The molecule has 0 amide bonds. The first kappa shape index (κ1) is 11.7. The first-order valence-electron chi connectivity index (χ1n) is 5.49. The van der Waals surface area contributed by atoms with Gasteiger partial charge in [-0.3, -0.25) is 0 Å². The molecular weight excluding hydrogens is 190 g/mol. The molecular formula is C12H21NS. The average Bonchev–Trinajstić information content (AvgIpc) is 2.47. The Hall–Kier alpha value is -0.340. The Morgan fingerprint density at radius 1 is 1.36 bits per heavy atom. The van der Waals surface area contributed by atoms with Gasteiger partial charge in [0.05, 0.1) is 0 Å². The van der Waals surface area contributed by atoms with Crippen LogP contribution < -0.4 is 5.32 Å². The van der Waals surface area contributed by atoms with E-state index in [0.29, 0.717) is 6.04 Å². The molecule has 0 saturated heterocycles. The Bertz CT molecular complexity index is 278. The third kappa shape index (κ3) is 2.82. The second-order valence-electron chi connectivity index (χ2n) is 3.78. The molecule has 0 aliphatic rings. The predicted octanol–water partition coefficient (Wildman–Crippen LogP) is 3.82. The van der Waals surface area contributed by atoms with Crippen LogP contribution in [0.25, 0.3) is 0 Å². The molecule has 14 heavy (non-hydrogen) atoms. The van der Waals surface area contributed by atoms with Gasteiger partial charge in [-0.05, 0) is 44.9 Å². The molecule has 0 saturated carbocycles. The summed E-state index contributed by atoms with van der Waals surface area (Å²) in [5.41, 5.74) is 1.50. The Kier molecular flexibility index (Phi) is 4.63. The van der Waals surface area contributed by atoms with Gasteiger partial charge in [-0.1, -0.05) is 13.8 Å². The zero-order chi connectivity index (χ0) is 10.6. The Balaban J connectivity index is 2.72. The maximum absolute atomic E-state index is 3.60. The number of thiophene rings is 1. The smallest absolute Gasteiger partial charge is 0.0328 e. The van der Waals surface area contributed by atoms with Gasteiger partial charge in [-0.25, -0.2) is 0 Å². The quantitative estimate of drug-likeness (QED) is 0.781. The molecule has 0 bridgehead atoms. The molecule has 1 nitrogen and oxygen atoms in total. The second-order valence-corrected chi connectivity index (χ2v) is 5.24. The summed E-state index contributed by atoms with van der Waals surface area (Å²) in [5, 5.41) is 3.60. The van der Waals surface area contributed by atoms with E-state index in [0.717, 1.165) is 6.54 Å². The van der Waals surface area contributed by atoms with Crippen molar-refractivity contribution in [3.05, 3.63) is 21.4 Å². The highest BCUT2D eigenvalue weighted by Gasteiger charge is 2.12. The normalized spacial score (nSPS) is 13.1. The van der Waals surface area contributed by atoms with Crippen molar-refractivity contribution >= 4 is 11.3 Å². The standard InChI is InChI=1S/C12H21NS/c1-5-7-13-12(6-2)11-8-9(3)14-10(11)4/h8,12-13H,5-7H2,1-4H3. The molecule has 2 heteroatoms. The van der Waals surface area contributed by atoms with Gasteiger partial charge in [0.15, 0.2) is 0 Å². The van der Waals surface area contributed by atoms with Crippen LogP contribution in [0.3, 0.4) is 0 Å². The van der Waals surface area contributed by atoms with E-state index in [1.54, 1.807) is 0 Å². The van der Waals surface area contributed by atoms with Gasteiger partial charge in [0.25, 0.3) is 0 Å². The van der Waals surface area contributed by atoms with E-state index in [1.165, 1.54) is 28.2 Å². The largest absolute Gasteiger partial charge is 0.310 e. The van der Waals surface area contributed by atoms with E-state index in [1.807, 2.05) is 11.3 Å². The highest BCUT2D eigenvalue weighted by atomic mass is 32.1. The van der Waals surface area contributed by atoms with E-state index in [2.05, 4.69) is 39.1 Å². The monoisotopic (exact) mass is 211 g/mol. The lowest BCUT2D eigenvalue weighted by molar-refractivity contribution is 0.518. The summed E-state index contributed by atoms with van der Waals surface area (Å²) in [5.74, 6) is 0. The van der Waals surface area contributed by atoms with Gasteiger partial charge in [0, 0.05) is 15.8 Å². The fraction of sp³-hybridized carbons (Fsp3) is 0.667. The van der Waals surface area contributed by atoms with E-state index in [4.69, 9.17) is 0 Å². The fourth-order valence-electron chi connectivity index (χ4n) is 1.79. The molecule has 1 aromatic rings. The van der Waals surface area contributed by atoms with Crippen LogP contribution in [0.15, 0.2) is 6.07 Å². The minimum Gasteiger partial charge on any atom is -0.310 e. The summed E-state index contributed by atoms with van der Waals surface area (Å²) in [6.07, 6.45) is 2.38. The molecule has 1 aromatic heterocycles. The minimum atomic E-state index is 0.555. The molecule has 0 aliphatic heterocycles. The van der Waals surface area contributed by atoms with Crippen LogP contribution >= 0.6 is 11.3 Å². The first-order valence-corrected chi connectivity index (χ1v) is 6.31. The average molecular weight is 211 g/mol. The van der Waals surface area contributed by atoms with Gasteiger partial charge in [-0.15, -0.1) is 11.3 Å². The Labute approximate surface area is 91.5 Å². The lowest BCUT2D eigenvalue weighted by Crippen LogP contribution is -2.21. The lowest BCUT2D eigenvalue weighted by Gasteiger charge is -2.16. The van der Waals surface area contributed by atoms with Crippen LogP contribution in [0.2, 0.25) is 0 Å². The lowest BCUT2D eigenvalue weighted by atomic mass is 10.1. The van der Waals surface area contributed by atoms with Crippen LogP contribution in [-0.4, -0.2) is 6.54 Å². The number of hydrogen-bond acceptors (Lipinski definition) is 2. The second kappa shape index (κ2) is 5.52. The summed E-state index contributed by atoms with van der Waals surface area (Å²) in [6, 6.07) is 2.89. The predicted molar refractivity (Wildman–Crippen MR) is 65.1 cm³/mol. The Morgan fingerprint density at radius 3 is 2.50 bits per heavy atom. The van der Waals surface area contributed by atoms with Gasteiger partial charge in [0.1, 0.15) is 0 Å². The van der Waals surface area contributed by atoms with Crippen molar-refractivity contribution in [3.63, 3.8) is 0 Å². The number of hydrogen-bond donors (Lipinski definition) is 1. The summed E-state index contributed by atoms with van der Waals surface area (Å²) in [7, 11) is 0. The van der Waals surface area contributed by atoms with Gasteiger partial charge in [-0.2, -0.15) is 0 Å². The van der Waals surface area contributed by atoms with Crippen molar-refractivity contribution < 1.29 is 0 Å². The van der Waals surface area contributed by atoms with Crippen LogP contribution in [0.4, 0.5) is 0 Å². The molecule has 1 heterocycles. The van der Waals surface area contributed by atoms with Gasteiger partial charge >= 0.3 is 0 Å². The summed E-state index contributed by atoms with van der Waals surface area (Å²) in [6.45, 7) is 10.00. The maximum atomic E-state index is 3.60. The molecule has 1 unspecified atom stereocenters. The maximum Gasteiger partial charge on any atom is 0.0328 e. The summed E-state index contributed by atoms with van der Waals surface area (Å²) < 4.78 is 0. The molecule has 80 valence electrons.